The third kappa shape index (κ3) is 4.67. The molecule has 2 aromatic rings. The second-order valence-electron chi connectivity index (χ2n) is 10.7. The molecule has 0 bridgehead atoms. The Labute approximate surface area is 207 Å². The van der Waals surface area contributed by atoms with Crippen LogP contribution in [-0.2, 0) is 15.7 Å². The lowest BCUT2D eigenvalue weighted by atomic mass is 9.98. The van der Waals surface area contributed by atoms with Gasteiger partial charge < -0.3 is 15.0 Å². The lowest BCUT2D eigenvalue weighted by Gasteiger charge is -2.27. The molecule has 192 valence electrons. The van der Waals surface area contributed by atoms with Gasteiger partial charge in [0.25, 0.3) is 0 Å². The lowest BCUT2D eigenvalue weighted by Crippen LogP contribution is -2.38. The molecule has 0 radical (unpaired) electrons. The third-order valence-electron chi connectivity index (χ3n) is 8.22. The minimum absolute atomic E-state index is 0.0457. The van der Waals surface area contributed by atoms with Crippen molar-refractivity contribution in [1.29, 1.82) is 0 Å². The maximum atomic E-state index is 13.5. The van der Waals surface area contributed by atoms with Crippen LogP contribution in [0.2, 0.25) is 0 Å². The van der Waals surface area contributed by atoms with E-state index in [-0.39, 0.29) is 29.1 Å². The predicted octanol–water partition coefficient (Wildman–Crippen LogP) is 4.51. The fourth-order valence-electron chi connectivity index (χ4n) is 6.20. The molecule has 7 nitrogen and oxygen atoms in total. The van der Waals surface area contributed by atoms with Gasteiger partial charge in [-0.25, -0.2) is 0 Å². The molecule has 10 heteroatoms. The molecule has 1 N–H and O–H groups in total. The minimum Gasteiger partial charge on any atom is -0.381 e. The van der Waals surface area contributed by atoms with Crippen LogP contribution in [0.3, 0.4) is 0 Å². The first-order valence-electron chi connectivity index (χ1n) is 12.9. The molecule has 2 aliphatic carbocycles. The highest BCUT2D eigenvalue weighted by Gasteiger charge is 2.44. The van der Waals surface area contributed by atoms with Crippen molar-refractivity contribution in [3.63, 3.8) is 0 Å². The molecule has 0 spiro atoms. The second-order valence-corrected chi connectivity index (χ2v) is 10.7. The molecule has 2 saturated carbocycles. The Hall–Kier alpha value is -2.75. The van der Waals surface area contributed by atoms with Gasteiger partial charge in [-0.1, -0.05) is 0 Å². The molecule has 4 fully saturated rings. The number of amides is 1. The zero-order valence-corrected chi connectivity index (χ0v) is 20.0. The average Bonchev–Trinajstić information content (AvgIpc) is 3.55. The standard InChI is InChI=1S/C26H30F3N5O2/c27-26(28,29)22-3-6-30-12-21(22)23-11-20(15-1-2-15)24(33-32-23)31-19-9-17-13-34(14-18(17)10-19)25(35)16-4-7-36-8-5-16/h3,6,11-12,15-19H,1-2,4-5,7-10,13-14H2,(H,31,33)/t17-,18?,19?/m1/s1. The molecule has 2 unspecified atom stereocenters. The summed E-state index contributed by atoms with van der Waals surface area (Å²) >= 11 is 0. The summed E-state index contributed by atoms with van der Waals surface area (Å²) in [7, 11) is 0. The Morgan fingerprint density at radius 3 is 2.44 bits per heavy atom. The van der Waals surface area contributed by atoms with Crippen LogP contribution in [0, 0.1) is 17.8 Å². The van der Waals surface area contributed by atoms with Gasteiger partial charge in [0.15, 0.2) is 5.82 Å². The molecule has 2 saturated heterocycles. The number of hydrogen-bond acceptors (Lipinski definition) is 6. The van der Waals surface area contributed by atoms with E-state index in [1.54, 1.807) is 6.07 Å². The predicted molar refractivity (Wildman–Crippen MR) is 126 cm³/mol. The van der Waals surface area contributed by atoms with Crippen molar-refractivity contribution in [2.75, 3.05) is 31.6 Å². The molecule has 1 amide bonds. The van der Waals surface area contributed by atoms with Crippen molar-refractivity contribution in [2.24, 2.45) is 17.8 Å². The molecule has 2 aromatic heterocycles. The summed E-state index contributed by atoms with van der Waals surface area (Å²) in [4.78, 5) is 18.9. The highest BCUT2D eigenvalue weighted by molar-refractivity contribution is 5.79. The van der Waals surface area contributed by atoms with Gasteiger partial charge >= 0.3 is 6.18 Å². The zero-order valence-electron chi connectivity index (χ0n) is 20.0. The summed E-state index contributed by atoms with van der Waals surface area (Å²) in [6.45, 7) is 2.95. The van der Waals surface area contributed by atoms with Crippen LogP contribution in [0.5, 0.6) is 0 Å². The molecule has 4 aliphatic rings. The van der Waals surface area contributed by atoms with E-state index in [0.29, 0.717) is 36.8 Å². The van der Waals surface area contributed by atoms with Crippen molar-refractivity contribution in [3.05, 3.63) is 35.7 Å². The Morgan fingerprint density at radius 2 is 1.78 bits per heavy atom. The summed E-state index contributed by atoms with van der Waals surface area (Å²) in [5, 5.41) is 12.1. The van der Waals surface area contributed by atoms with Gasteiger partial charge in [0, 0.05) is 61.8 Å². The molecule has 36 heavy (non-hydrogen) atoms. The van der Waals surface area contributed by atoms with Crippen LogP contribution in [-0.4, -0.2) is 58.3 Å². The van der Waals surface area contributed by atoms with E-state index in [1.165, 1.54) is 6.20 Å². The first-order valence-corrected chi connectivity index (χ1v) is 12.9. The van der Waals surface area contributed by atoms with Crippen molar-refractivity contribution in [3.8, 4) is 11.3 Å². The van der Waals surface area contributed by atoms with Crippen molar-refractivity contribution in [1.82, 2.24) is 20.1 Å². The smallest absolute Gasteiger partial charge is 0.381 e. The van der Waals surface area contributed by atoms with Gasteiger partial charge in [0.2, 0.25) is 5.91 Å². The molecular weight excluding hydrogens is 471 g/mol. The topological polar surface area (TPSA) is 80.2 Å². The molecule has 4 heterocycles. The Kier molecular flexibility index (Phi) is 6.09. The fraction of sp³-hybridized carbons (Fsp3) is 0.615. The van der Waals surface area contributed by atoms with Gasteiger partial charge in [0.1, 0.15) is 0 Å². The van der Waals surface area contributed by atoms with E-state index >= 15 is 0 Å². The summed E-state index contributed by atoms with van der Waals surface area (Å²) in [6.07, 6.45) is 3.41. The lowest BCUT2D eigenvalue weighted by molar-refractivity contribution is -0.138. The largest absolute Gasteiger partial charge is 0.417 e. The number of halogens is 3. The third-order valence-corrected chi connectivity index (χ3v) is 8.22. The van der Waals surface area contributed by atoms with Crippen LogP contribution >= 0.6 is 0 Å². The number of nitrogens with one attached hydrogen (secondary N) is 1. The molecular formula is C26H30F3N5O2. The zero-order chi connectivity index (χ0) is 24.9. The van der Waals surface area contributed by atoms with E-state index in [4.69, 9.17) is 4.74 Å². The van der Waals surface area contributed by atoms with Gasteiger partial charge in [-0.2, -0.15) is 13.2 Å². The van der Waals surface area contributed by atoms with Gasteiger partial charge in [-0.05, 0) is 68.4 Å². The van der Waals surface area contributed by atoms with Crippen LogP contribution < -0.4 is 5.32 Å². The SMILES string of the molecule is O=C(C1CCOCC1)N1CC2CC(Nc3nnc(-c4cnccc4C(F)(F)F)cc3C3CC3)C[C@@H]2C1. The minimum atomic E-state index is -4.49. The van der Waals surface area contributed by atoms with Gasteiger partial charge in [-0.15, -0.1) is 10.2 Å². The summed E-state index contributed by atoms with van der Waals surface area (Å²) < 4.78 is 46.0. The molecule has 2 aliphatic heterocycles. The van der Waals surface area contributed by atoms with Crippen LogP contribution in [0.4, 0.5) is 19.0 Å². The first-order chi connectivity index (χ1) is 17.4. The number of nitrogens with zero attached hydrogens (tertiary/aromatic N) is 4. The van der Waals surface area contributed by atoms with Crippen LogP contribution in [0.1, 0.15) is 55.6 Å². The normalized spacial score (nSPS) is 26.8. The number of rotatable bonds is 5. The number of fused-ring (bicyclic) bond motifs is 1. The maximum absolute atomic E-state index is 13.5. The second kappa shape index (κ2) is 9.28. The molecule has 3 atom stereocenters. The first kappa shape index (κ1) is 23.6. The van der Waals surface area contributed by atoms with E-state index in [9.17, 15) is 18.0 Å². The van der Waals surface area contributed by atoms with Crippen LogP contribution in [0.15, 0.2) is 24.5 Å². The maximum Gasteiger partial charge on any atom is 0.417 e. The van der Waals surface area contributed by atoms with Crippen molar-refractivity contribution >= 4 is 11.7 Å². The summed E-state index contributed by atoms with van der Waals surface area (Å²) in [5.41, 5.74) is 0.340. The van der Waals surface area contributed by atoms with E-state index in [1.807, 2.05) is 0 Å². The summed E-state index contributed by atoms with van der Waals surface area (Å²) in [5.74, 6) is 2.28. The number of anilines is 1. The number of pyridine rings is 1. The van der Waals surface area contributed by atoms with Gasteiger partial charge in [0.05, 0.1) is 11.3 Å². The fourth-order valence-corrected chi connectivity index (χ4v) is 6.20. The van der Waals surface area contributed by atoms with Gasteiger partial charge in [-0.3, -0.25) is 9.78 Å². The number of hydrogen-bond donors (Lipinski definition) is 1. The number of aromatic nitrogens is 3. The Morgan fingerprint density at radius 1 is 1.06 bits per heavy atom. The molecule has 0 aromatic carbocycles. The number of ether oxygens (including phenoxy) is 1. The van der Waals surface area contributed by atoms with Crippen molar-refractivity contribution < 1.29 is 22.7 Å². The van der Waals surface area contributed by atoms with Crippen molar-refractivity contribution in [2.45, 2.75) is 56.7 Å². The monoisotopic (exact) mass is 501 g/mol. The molecule has 6 rings (SSSR count). The Bertz CT molecular complexity index is 1120. The highest BCUT2D eigenvalue weighted by Crippen LogP contribution is 2.46. The average molecular weight is 502 g/mol. The van der Waals surface area contributed by atoms with E-state index in [2.05, 4.69) is 25.4 Å². The number of carbonyl (C=O) groups excluding carboxylic acids is 1. The number of carbonyl (C=O) groups is 1. The summed E-state index contributed by atoms with van der Waals surface area (Å²) in [6, 6.07) is 2.96. The quantitative estimate of drug-likeness (QED) is 0.650. The van der Waals surface area contributed by atoms with E-state index in [0.717, 1.165) is 69.4 Å². The van der Waals surface area contributed by atoms with Crippen LogP contribution in [0.25, 0.3) is 11.3 Å². The van der Waals surface area contributed by atoms with E-state index < -0.39 is 11.7 Å². The number of alkyl halides is 3. The Balaban J connectivity index is 1.14. The number of likely N-dealkylation sites (tertiary alicyclic amines) is 1. The highest BCUT2D eigenvalue weighted by atomic mass is 19.4.